The molecule has 1 N–H and O–H groups in total. The third-order valence-electron chi connectivity index (χ3n) is 3.64. The van der Waals surface area contributed by atoms with Gasteiger partial charge in [0.15, 0.2) is 0 Å². The second-order valence-corrected chi connectivity index (χ2v) is 4.94. The molecule has 0 radical (unpaired) electrons. The summed E-state index contributed by atoms with van der Waals surface area (Å²) < 4.78 is 0. The topological polar surface area (TPSA) is 32.9 Å². The molecule has 2 nitrogen and oxygen atoms in total. The molecule has 0 fully saturated rings. The Bertz CT molecular complexity index is 786. The lowest BCUT2D eigenvalue weighted by Crippen LogP contribution is -2.07. The summed E-state index contributed by atoms with van der Waals surface area (Å²) in [6.45, 7) is 2.20. The van der Waals surface area contributed by atoms with Gasteiger partial charge in [-0.05, 0) is 35.9 Å². The van der Waals surface area contributed by atoms with E-state index in [2.05, 4.69) is 18.0 Å². The third kappa shape index (κ3) is 2.03. The Morgan fingerprint density at radius 3 is 2.58 bits per heavy atom. The molecule has 3 aromatic rings. The van der Waals surface area contributed by atoms with Gasteiger partial charge in [-0.15, -0.1) is 0 Å². The normalized spacial score (nSPS) is 11.2. The number of rotatable bonds is 3. The van der Waals surface area contributed by atoms with Gasteiger partial charge in [0.25, 0.3) is 5.56 Å². The van der Waals surface area contributed by atoms with Gasteiger partial charge in [-0.25, -0.2) is 0 Å². The number of aryl methyl sites for hydroxylation is 1. The van der Waals surface area contributed by atoms with E-state index in [4.69, 9.17) is 0 Å². The molecule has 0 bridgehead atoms. The molecule has 0 saturated carbocycles. The van der Waals surface area contributed by atoms with Gasteiger partial charge in [-0.1, -0.05) is 43.7 Å². The van der Waals surface area contributed by atoms with Crippen LogP contribution in [0, 0.1) is 0 Å². The molecule has 0 atom stereocenters. The quantitative estimate of drug-likeness (QED) is 0.700. The SMILES string of the molecule is CCCCc1cccc2[nH]c(=O)c3ccccc3c12. The van der Waals surface area contributed by atoms with Crippen LogP contribution in [0.2, 0.25) is 0 Å². The summed E-state index contributed by atoms with van der Waals surface area (Å²) in [6, 6.07) is 14.0. The van der Waals surface area contributed by atoms with Gasteiger partial charge in [-0.3, -0.25) is 4.79 Å². The zero-order valence-corrected chi connectivity index (χ0v) is 11.1. The lowest BCUT2D eigenvalue weighted by molar-refractivity contribution is 0.799. The highest BCUT2D eigenvalue weighted by atomic mass is 16.1. The lowest BCUT2D eigenvalue weighted by Gasteiger charge is -2.09. The molecule has 0 amide bonds. The molecule has 96 valence electrons. The van der Waals surface area contributed by atoms with E-state index in [0.29, 0.717) is 0 Å². The Labute approximate surface area is 112 Å². The van der Waals surface area contributed by atoms with Crippen molar-refractivity contribution in [3.63, 3.8) is 0 Å². The van der Waals surface area contributed by atoms with Crippen molar-refractivity contribution in [3.8, 4) is 0 Å². The monoisotopic (exact) mass is 251 g/mol. The summed E-state index contributed by atoms with van der Waals surface area (Å²) in [5, 5.41) is 3.04. The predicted octanol–water partition coefficient (Wildman–Crippen LogP) is 4.02. The molecule has 0 unspecified atom stereocenters. The highest BCUT2D eigenvalue weighted by molar-refractivity contribution is 6.06. The Balaban J connectivity index is 2.40. The molecular formula is C17H17NO. The molecular weight excluding hydrogens is 234 g/mol. The molecule has 0 saturated heterocycles. The minimum absolute atomic E-state index is 0.00394. The number of nitrogens with one attached hydrogen (secondary N) is 1. The zero-order valence-electron chi connectivity index (χ0n) is 11.1. The molecule has 19 heavy (non-hydrogen) atoms. The number of fused-ring (bicyclic) bond motifs is 3. The van der Waals surface area contributed by atoms with Crippen LogP contribution in [0.25, 0.3) is 21.7 Å². The summed E-state index contributed by atoms with van der Waals surface area (Å²) in [7, 11) is 0. The number of pyridine rings is 1. The Morgan fingerprint density at radius 1 is 1.00 bits per heavy atom. The van der Waals surface area contributed by atoms with E-state index in [0.717, 1.165) is 22.7 Å². The minimum atomic E-state index is -0.00394. The second-order valence-electron chi connectivity index (χ2n) is 4.94. The van der Waals surface area contributed by atoms with Crippen molar-refractivity contribution < 1.29 is 0 Å². The second kappa shape index (κ2) is 4.88. The van der Waals surface area contributed by atoms with Crippen LogP contribution in [0.5, 0.6) is 0 Å². The molecule has 0 aliphatic heterocycles. The number of hydrogen-bond donors (Lipinski definition) is 1. The lowest BCUT2D eigenvalue weighted by atomic mass is 9.98. The summed E-state index contributed by atoms with van der Waals surface area (Å²) >= 11 is 0. The zero-order chi connectivity index (χ0) is 13.2. The van der Waals surface area contributed by atoms with E-state index < -0.39 is 0 Å². The van der Waals surface area contributed by atoms with Gasteiger partial charge >= 0.3 is 0 Å². The van der Waals surface area contributed by atoms with Gasteiger partial charge in [0.05, 0.1) is 0 Å². The number of aromatic amines is 1. The predicted molar refractivity (Wildman–Crippen MR) is 80.7 cm³/mol. The summed E-state index contributed by atoms with van der Waals surface area (Å²) in [4.78, 5) is 15.1. The molecule has 1 aromatic heterocycles. The molecule has 0 spiro atoms. The molecule has 2 aromatic carbocycles. The maximum Gasteiger partial charge on any atom is 0.256 e. The largest absolute Gasteiger partial charge is 0.321 e. The number of unbranched alkanes of at least 4 members (excludes halogenated alkanes) is 1. The van der Waals surface area contributed by atoms with Crippen LogP contribution in [0.4, 0.5) is 0 Å². The first-order chi connectivity index (χ1) is 9.31. The van der Waals surface area contributed by atoms with Gasteiger partial charge in [0.1, 0.15) is 0 Å². The fourth-order valence-electron chi connectivity index (χ4n) is 2.69. The van der Waals surface area contributed by atoms with Crippen molar-refractivity contribution in [2.75, 3.05) is 0 Å². The van der Waals surface area contributed by atoms with Gasteiger partial charge in [-0.2, -0.15) is 0 Å². The number of benzene rings is 2. The van der Waals surface area contributed by atoms with E-state index in [1.807, 2.05) is 36.4 Å². The average Bonchev–Trinajstić information content (AvgIpc) is 2.45. The highest BCUT2D eigenvalue weighted by Crippen LogP contribution is 2.25. The van der Waals surface area contributed by atoms with Crippen molar-refractivity contribution in [1.29, 1.82) is 0 Å². The fraction of sp³-hybridized carbons (Fsp3) is 0.235. The van der Waals surface area contributed by atoms with Crippen LogP contribution >= 0.6 is 0 Å². The molecule has 0 aliphatic carbocycles. The maximum atomic E-state index is 12.1. The van der Waals surface area contributed by atoms with Crippen molar-refractivity contribution in [2.24, 2.45) is 0 Å². The van der Waals surface area contributed by atoms with Crippen LogP contribution in [-0.2, 0) is 6.42 Å². The van der Waals surface area contributed by atoms with E-state index in [1.54, 1.807) is 0 Å². The first-order valence-corrected chi connectivity index (χ1v) is 6.84. The third-order valence-corrected chi connectivity index (χ3v) is 3.64. The van der Waals surface area contributed by atoms with Crippen molar-refractivity contribution in [3.05, 3.63) is 58.4 Å². The van der Waals surface area contributed by atoms with Crippen LogP contribution in [-0.4, -0.2) is 4.98 Å². The average molecular weight is 251 g/mol. The van der Waals surface area contributed by atoms with E-state index in [-0.39, 0.29) is 5.56 Å². The molecule has 2 heteroatoms. The Morgan fingerprint density at radius 2 is 1.79 bits per heavy atom. The summed E-state index contributed by atoms with van der Waals surface area (Å²) in [6.07, 6.45) is 3.41. The summed E-state index contributed by atoms with van der Waals surface area (Å²) in [5.74, 6) is 0. The van der Waals surface area contributed by atoms with Crippen LogP contribution in [0.1, 0.15) is 25.3 Å². The van der Waals surface area contributed by atoms with Crippen molar-refractivity contribution in [2.45, 2.75) is 26.2 Å². The first-order valence-electron chi connectivity index (χ1n) is 6.84. The van der Waals surface area contributed by atoms with Crippen LogP contribution < -0.4 is 5.56 Å². The Kier molecular flexibility index (Phi) is 3.08. The minimum Gasteiger partial charge on any atom is -0.321 e. The van der Waals surface area contributed by atoms with Crippen molar-refractivity contribution >= 4 is 21.7 Å². The number of H-pyrrole nitrogens is 1. The first kappa shape index (κ1) is 12.0. The molecule has 0 aliphatic rings. The smallest absolute Gasteiger partial charge is 0.256 e. The van der Waals surface area contributed by atoms with E-state index in [1.165, 1.54) is 23.8 Å². The molecule has 1 heterocycles. The van der Waals surface area contributed by atoms with Gasteiger partial charge in [0.2, 0.25) is 0 Å². The summed E-state index contributed by atoms with van der Waals surface area (Å²) in [5.41, 5.74) is 2.26. The van der Waals surface area contributed by atoms with Gasteiger partial charge in [0, 0.05) is 16.3 Å². The molecule has 3 rings (SSSR count). The standard InChI is InChI=1S/C17H17NO/c1-2-3-7-12-8-6-11-15-16(12)13-9-4-5-10-14(13)17(19)18-15/h4-6,8-11H,2-3,7H2,1H3,(H,18,19). The van der Waals surface area contributed by atoms with E-state index >= 15 is 0 Å². The van der Waals surface area contributed by atoms with Crippen molar-refractivity contribution in [1.82, 2.24) is 4.98 Å². The maximum absolute atomic E-state index is 12.1. The number of aromatic nitrogens is 1. The van der Waals surface area contributed by atoms with E-state index in [9.17, 15) is 4.79 Å². The highest BCUT2D eigenvalue weighted by Gasteiger charge is 2.08. The fourth-order valence-corrected chi connectivity index (χ4v) is 2.69. The Hall–Kier alpha value is -2.09. The van der Waals surface area contributed by atoms with Gasteiger partial charge < -0.3 is 4.98 Å². The van der Waals surface area contributed by atoms with Crippen LogP contribution in [0.15, 0.2) is 47.3 Å². The van der Waals surface area contributed by atoms with Crippen LogP contribution in [0.3, 0.4) is 0 Å². The number of hydrogen-bond acceptors (Lipinski definition) is 1.